The minimum absolute atomic E-state index is 0.146. The lowest BCUT2D eigenvalue weighted by atomic mass is 9.67. The molecule has 1 heterocycles. The quantitative estimate of drug-likeness (QED) is 0.733. The molecular weight excluding hydrogens is 198 g/mol. The number of rotatable bonds is 3. The molecule has 0 radical (unpaired) electrons. The predicted molar refractivity (Wildman–Crippen MR) is 69.7 cm³/mol. The maximum absolute atomic E-state index is 6.01. The van der Waals surface area contributed by atoms with Crippen molar-refractivity contribution in [1.29, 1.82) is 0 Å². The fourth-order valence-electron chi connectivity index (χ4n) is 2.73. The van der Waals surface area contributed by atoms with Crippen LogP contribution < -0.4 is 0 Å². The topological polar surface area (TPSA) is 12.5 Å². The molecule has 2 atom stereocenters. The van der Waals surface area contributed by atoms with Crippen molar-refractivity contribution < 1.29 is 4.74 Å². The first-order valence-corrected chi connectivity index (χ1v) is 6.59. The number of nitrogens with zero attached hydrogens (tertiary/aromatic N) is 1. The second-order valence-corrected chi connectivity index (χ2v) is 6.41. The fourth-order valence-corrected chi connectivity index (χ4v) is 2.73. The minimum Gasteiger partial charge on any atom is -0.376 e. The van der Waals surface area contributed by atoms with E-state index in [0.29, 0.717) is 17.6 Å². The first-order valence-electron chi connectivity index (χ1n) is 6.59. The van der Waals surface area contributed by atoms with Gasteiger partial charge in [-0.25, -0.2) is 0 Å². The Bertz CT molecular complexity index is 237. The zero-order valence-electron chi connectivity index (χ0n) is 12.1. The van der Waals surface area contributed by atoms with Crippen molar-refractivity contribution in [1.82, 2.24) is 4.90 Å². The van der Waals surface area contributed by atoms with Gasteiger partial charge in [-0.1, -0.05) is 20.8 Å². The van der Waals surface area contributed by atoms with Gasteiger partial charge in [-0.2, -0.15) is 0 Å². The number of hydrogen-bond donors (Lipinski definition) is 0. The van der Waals surface area contributed by atoms with Gasteiger partial charge in [0, 0.05) is 11.6 Å². The van der Waals surface area contributed by atoms with Gasteiger partial charge in [0.05, 0.1) is 12.7 Å². The fraction of sp³-hybridized carbons (Fsp3) is 1.00. The Kier molecular flexibility index (Phi) is 4.07. The zero-order chi connectivity index (χ0) is 12.6. The van der Waals surface area contributed by atoms with Crippen molar-refractivity contribution in [2.24, 2.45) is 5.41 Å². The Hall–Kier alpha value is -0.0800. The van der Waals surface area contributed by atoms with E-state index in [1.165, 1.54) is 0 Å². The molecule has 1 fully saturated rings. The Labute approximate surface area is 101 Å². The molecule has 1 aliphatic rings. The van der Waals surface area contributed by atoms with Gasteiger partial charge in [0.15, 0.2) is 0 Å². The van der Waals surface area contributed by atoms with Crippen molar-refractivity contribution in [2.45, 2.75) is 72.1 Å². The molecule has 0 aromatic rings. The van der Waals surface area contributed by atoms with Crippen LogP contribution in [0.2, 0.25) is 0 Å². The maximum Gasteiger partial charge on any atom is 0.0656 e. The van der Waals surface area contributed by atoms with E-state index in [2.05, 4.69) is 53.5 Å². The van der Waals surface area contributed by atoms with Crippen LogP contribution in [0.5, 0.6) is 0 Å². The van der Waals surface area contributed by atoms with Crippen molar-refractivity contribution in [2.75, 3.05) is 13.7 Å². The van der Waals surface area contributed by atoms with E-state index in [-0.39, 0.29) is 5.54 Å². The monoisotopic (exact) mass is 227 g/mol. The molecule has 16 heavy (non-hydrogen) atoms. The molecule has 0 N–H and O–H groups in total. The highest BCUT2D eigenvalue weighted by Gasteiger charge is 2.49. The van der Waals surface area contributed by atoms with Crippen molar-refractivity contribution in [3.8, 4) is 0 Å². The van der Waals surface area contributed by atoms with Crippen LogP contribution in [0.25, 0.3) is 0 Å². The summed E-state index contributed by atoms with van der Waals surface area (Å²) in [5.41, 5.74) is 0.456. The van der Waals surface area contributed by atoms with E-state index in [1.54, 1.807) is 0 Å². The van der Waals surface area contributed by atoms with Crippen LogP contribution in [0, 0.1) is 5.41 Å². The first kappa shape index (κ1) is 14.0. The Morgan fingerprint density at radius 3 is 2.25 bits per heavy atom. The SMILES string of the molecule is CCC1CC(C)(C)C(C)(N(C)C(C)C)CO1. The van der Waals surface area contributed by atoms with Crippen LogP contribution in [0.15, 0.2) is 0 Å². The zero-order valence-corrected chi connectivity index (χ0v) is 12.1. The van der Waals surface area contributed by atoms with Crippen LogP contribution in [0.1, 0.15) is 54.4 Å². The molecule has 1 saturated heterocycles. The summed E-state index contributed by atoms with van der Waals surface area (Å²) in [7, 11) is 2.22. The first-order chi connectivity index (χ1) is 7.24. The van der Waals surface area contributed by atoms with Gasteiger partial charge < -0.3 is 4.74 Å². The van der Waals surface area contributed by atoms with E-state index < -0.39 is 0 Å². The Morgan fingerprint density at radius 1 is 1.31 bits per heavy atom. The highest BCUT2D eigenvalue weighted by Crippen LogP contribution is 2.44. The molecular formula is C14H29NO. The van der Waals surface area contributed by atoms with Crippen molar-refractivity contribution in [3.63, 3.8) is 0 Å². The molecule has 0 spiro atoms. The van der Waals surface area contributed by atoms with Gasteiger partial charge in [-0.15, -0.1) is 0 Å². The maximum atomic E-state index is 6.01. The summed E-state index contributed by atoms with van der Waals surface area (Å²) in [5.74, 6) is 0. The van der Waals surface area contributed by atoms with Crippen LogP contribution in [-0.4, -0.2) is 36.2 Å². The highest BCUT2D eigenvalue weighted by molar-refractivity contribution is 5.02. The third-order valence-corrected chi connectivity index (χ3v) is 4.80. The summed E-state index contributed by atoms with van der Waals surface area (Å²) in [6.45, 7) is 14.7. The van der Waals surface area contributed by atoms with Gasteiger partial charge in [0.2, 0.25) is 0 Å². The molecule has 0 amide bonds. The third kappa shape index (κ3) is 2.28. The molecule has 1 rings (SSSR count). The molecule has 0 aliphatic carbocycles. The van der Waals surface area contributed by atoms with E-state index in [9.17, 15) is 0 Å². The molecule has 2 nitrogen and oxygen atoms in total. The van der Waals surface area contributed by atoms with Gasteiger partial charge in [-0.05, 0) is 46.1 Å². The molecule has 2 unspecified atom stereocenters. The second-order valence-electron chi connectivity index (χ2n) is 6.41. The predicted octanol–water partition coefficient (Wildman–Crippen LogP) is 3.31. The van der Waals surface area contributed by atoms with Gasteiger partial charge in [-0.3, -0.25) is 4.90 Å². The lowest BCUT2D eigenvalue weighted by Crippen LogP contribution is -2.63. The summed E-state index contributed by atoms with van der Waals surface area (Å²) >= 11 is 0. The molecule has 0 saturated carbocycles. The van der Waals surface area contributed by atoms with Crippen LogP contribution >= 0.6 is 0 Å². The summed E-state index contributed by atoms with van der Waals surface area (Å²) in [6.07, 6.45) is 2.74. The van der Waals surface area contributed by atoms with Crippen molar-refractivity contribution >= 4 is 0 Å². The highest BCUT2D eigenvalue weighted by atomic mass is 16.5. The van der Waals surface area contributed by atoms with Crippen LogP contribution in [-0.2, 0) is 4.74 Å². The van der Waals surface area contributed by atoms with Crippen LogP contribution in [0.4, 0.5) is 0 Å². The van der Waals surface area contributed by atoms with Crippen molar-refractivity contribution in [3.05, 3.63) is 0 Å². The smallest absolute Gasteiger partial charge is 0.0656 e. The molecule has 0 aromatic carbocycles. The van der Waals surface area contributed by atoms with Crippen LogP contribution in [0.3, 0.4) is 0 Å². The minimum atomic E-state index is 0.146. The average molecular weight is 227 g/mol. The number of hydrogen-bond acceptors (Lipinski definition) is 2. The largest absolute Gasteiger partial charge is 0.376 e. The molecule has 96 valence electrons. The summed E-state index contributed by atoms with van der Waals surface area (Å²) in [4.78, 5) is 2.47. The van der Waals surface area contributed by atoms with E-state index >= 15 is 0 Å². The number of likely N-dealkylation sites (N-methyl/N-ethyl adjacent to an activating group) is 1. The van der Waals surface area contributed by atoms with E-state index in [4.69, 9.17) is 4.74 Å². The Balaban J connectivity index is 2.88. The summed E-state index contributed by atoms with van der Waals surface area (Å²) in [5, 5.41) is 0. The Morgan fingerprint density at radius 2 is 1.88 bits per heavy atom. The average Bonchev–Trinajstić information content (AvgIpc) is 2.20. The summed E-state index contributed by atoms with van der Waals surface area (Å²) < 4.78 is 6.01. The third-order valence-electron chi connectivity index (χ3n) is 4.80. The lowest BCUT2D eigenvalue weighted by molar-refractivity contribution is -0.150. The lowest BCUT2D eigenvalue weighted by Gasteiger charge is -2.56. The van der Waals surface area contributed by atoms with Gasteiger partial charge in [0.1, 0.15) is 0 Å². The molecule has 2 heteroatoms. The normalized spacial score (nSPS) is 34.7. The number of ether oxygens (including phenoxy) is 1. The van der Waals surface area contributed by atoms with E-state index in [0.717, 1.165) is 19.4 Å². The summed E-state index contributed by atoms with van der Waals surface area (Å²) in [6, 6.07) is 0.561. The second kappa shape index (κ2) is 4.66. The van der Waals surface area contributed by atoms with Gasteiger partial charge in [0.25, 0.3) is 0 Å². The molecule has 1 aliphatic heterocycles. The molecule has 0 bridgehead atoms. The van der Waals surface area contributed by atoms with Gasteiger partial charge >= 0.3 is 0 Å². The molecule has 0 aromatic heterocycles. The van der Waals surface area contributed by atoms with E-state index in [1.807, 2.05) is 0 Å². The standard InChI is InChI=1S/C14H29NO/c1-8-12-9-13(4,5)14(6,10-16-12)15(7)11(2)3/h11-12H,8-10H2,1-7H3.